The zero-order valence-corrected chi connectivity index (χ0v) is 6.27. The Balaban J connectivity index is 4.17. The van der Waals surface area contributed by atoms with Gasteiger partial charge in [0.25, 0.3) is 0 Å². The van der Waals surface area contributed by atoms with Gasteiger partial charge >= 0.3 is 0 Å². The maximum Gasteiger partial charge on any atom is 0.132 e. The van der Waals surface area contributed by atoms with Crippen molar-refractivity contribution in [2.24, 2.45) is 0 Å². The molecule has 0 aliphatic heterocycles. The molecule has 0 aromatic carbocycles. The van der Waals surface area contributed by atoms with E-state index in [2.05, 4.69) is 5.82 Å². The minimum absolute atomic E-state index is 0.477. The zero-order chi connectivity index (χ0) is 9.02. The molecule has 0 aromatic heterocycles. The molecule has 11 heavy (non-hydrogen) atoms. The van der Waals surface area contributed by atoms with Gasteiger partial charge in [-0.1, -0.05) is 0 Å². The monoisotopic (exact) mass is 124 g/mol. The van der Waals surface area contributed by atoms with Crippen LogP contribution in [0.3, 0.4) is 0 Å². The van der Waals surface area contributed by atoms with Gasteiger partial charge in [0.2, 0.25) is 0 Å². The van der Waals surface area contributed by atoms with Crippen molar-refractivity contribution in [1.82, 2.24) is 0 Å². The molecule has 0 saturated heterocycles. The highest BCUT2D eigenvalue weighted by Crippen LogP contribution is 1.88. The maximum atomic E-state index is 5.52. The van der Waals surface area contributed by atoms with E-state index < -0.39 is 25.6 Å². The predicted molar refractivity (Wildman–Crippen MR) is 60.6 cm³/mol. The molecule has 0 fully saturated rings. The Morgan fingerprint density at radius 1 is 0.909 bits per heavy atom. The highest BCUT2D eigenvalue weighted by molar-refractivity contribution is 7.93. The van der Waals surface area contributed by atoms with Crippen molar-refractivity contribution in [2.75, 3.05) is 0 Å². The van der Waals surface area contributed by atoms with Gasteiger partial charge < -0.3 is 0 Å². The Kier molecular flexibility index (Phi) is 4.97. The number of hydrogen-bond donors (Lipinski definition) is 0. The topological polar surface area (TPSA) is 0 Å². The van der Waals surface area contributed by atoms with Crippen LogP contribution >= 0.6 is 0 Å². The molecule has 0 bridgehead atoms. The van der Waals surface area contributed by atoms with Crippen LogP contribution in [-0.4, -0.2) is 64.3 Å². The number of terminal acetylenes is 1. The first-order valence-electron chi connectivity index (χ1n) is 3.24. The quantitative estimate of drug-likeness (QED) is 0.272. The smallest absolute Gasteiger partial charge is 0.132 e. The van der Waals surface area contributed by atoms with E-state index in [0.29, 0.717) is 0 Å². The highest BCUT2D eigenvalue weighted by Gasteiger charge is 2.26. The molecule has 0 aromatic rings. The van der Waals surface area contributed by atoms with Crippen molar-refractivity contribution in [2.45, 2.75) is 0 Å². The van der Waals surface area contributed by atoms with Crippen molar-refractivity contribution in [3.8, 4) is 12.2 Å². The summed E-state index contributed by atoms with van der Waals surface area (Å²) in [4.78, 5) is 0. The van der Waals surface area contributed by atoms with Crippen molar-refractivity contribution < 1.29 is 0 Å². The van der Waals surface area contributed by atoms with Crippen LogP contribution < -0.4 is 0 Å². The minimum Gasteiger partial charge on any atom is -0.180 e. The van der Waals surface area contributed by atoms with Crippen molar-refractivity contribution in [1.29, 1.82) is 0 Å². The Bertz CT molecular complexity index is 144. The van der Waals surface area contributed by atoms with Gasteiger partial charge in [-0.2, -0.15) is 5.82 Å². The third kappa shape index (κ3) is 3.36. The molecule has 10 radical (unpaired) electrons. The van der Waals surface area contributed by atoms with Gasteiger partial charge in [-0.05, 0) is 0 Å². The summed E-state index contributed by atoms with van der Waals surface area (Å²) in [6.07, 6.45) is 3.19. The van der Waals surface area contributed by atoms with Crippen molar-refractivity contribution in [3.05, 3.63) is 0 Å². The van der Waals surface area contributed by atoms with Crippen LogP contribution in [-0.2, 0) is 0 Å². The molecule has 0 spiro atoms. The third-order valence-corrected chi connectivity index (χ3v) is 1.47. The zero-order valence-electron chi connectivity index (χ0n) is 6.27. The highest BCUT2D eigenvalue weighted by atomic mass is 13.2. The summed E-state index contributed by atoms with van der Waals surface area (Å²) in [5.74, 6) is 2.35. The molecule has 0 saturated carbocycles. The van der Waals surface area contributed by atoms with E-state index in [9.17, 15) is 0 Å². The van der Waals surface area contributed by atoms with Gasteiger partial charge in [-0.15, -0.1) is 6.42 Å². The van der Waals surface area contributed by atoms with Crippen molar-refractivity contribution >= 4 is 64.3 Å². The normalized spacial score (nSPS) is 7.91. The number of hydrogen-bond acceptors (Lipinski definition) is 0. The molecular formula is C2HB9. The molecule has 36 valence electrons. The lowest BCUT2D eigenvalue weighted by Gasteiger charge is -2.19. The summed E-state index contributed by atoms with van der Waals surface area (Å²) in [6.45, 7) is -0.477. The van der Waals surface area contributed by atoms with Crippen LogP contribution in [0.1, 0.15) is 0 Å². The molecule has 0 nitrogen and oxygen atoms in total. The van der Waals surface area contributed by atoms with E-state index >= 15 is 0 Å². The van der Waals surface area contributed by atoms with E-state index in [4.69, 9.17) is 45.1 Å². The summed E-state index contributed by atoms with van der Waals surface area (Å²) in [7, 11) is 26.8. The first-order chi connectivity index (χ1) is 5.00. The minimum atomic E-state index is -0.689. The molecular weight excluding hydrogens is 121 g/mol. The van der Waals surface area contributed by atoms with Crippen LogP contribution in [0.25, 0.3) is 0 Å². The van der Waals surface area contributed by atoms with E-state index in [0.717, 1.165) is 0 Å². The molecule has 0 rings (SSSR count). The van der Waals surface area contributed by atoms with Gasteiger partial charge in [0.1, 0.15) is 6.49 Å². The fourth-order valence-electron chi connectivity index (χ4n) is 0.718. The Labute approximate surface area is 77.0 Å². The van der Waals surface area contributed by atoms with Crippen LogP contribution in [0.5, 0.6) is 0 Å². The summed E-state index contributed by atoms with van der Waals surface area (Å²) in [5, 5.41) is 0. The molecule has 0 atom stereocenters. The van der Waals surface area contributed by atoms with Gasteiger partial charge in [-0.3, -0.25) is 0 Å². The fraction of sp³-hybridized carbons (Fsp3) is 0. The SMILES string of the molecule is [B]B([B])B([B])B(C#C)B([B])[B]. The maximum absolute atomic E-state index is 5.52. The molecule has 0 aliphatic rings. The molecule has 0 aliphatic carbocycles. The van der Waals surface area contributed by atoms with Crippen LogP contribution in [0.15, 0.2) is 0 Å². The lowest BCUT2D eigenvalue weighted by atomic mass is 8.63. The standard InChI is InChI=1S/C2HB9/c1-2-8(9(3)4)11(7)10(5)6/h1H. The average molecular weight is 122 g/mol. The van der Waals surface area contributed by atoms with Gasteiger partial charge in [0.15, 0.2) is 0 Å². The fourth-order valence-corrected chi connectivity index (χ4v) is 0.718. The Morgan fingerprint density at radius 2 is 1.36 bits per heavy atom. The van der Waals surface area contributed by atoms with Gasteiger partial charge in [0.05, 0.1) is 0 Å². The third-order valence-electron chi connectivity index (χ3n) is 1.47. The molecule has 9 heteroatoms. The summed E-state index contributed by atoms with van der Waals surface area (Å²) in [5.41, 5.74) is 0. The lowest BCUT2D eigenvalue weighted by molar-refractivity contribution is 2.97. The second-order valence-electron chi connectivity index (χ2n) is 2.42. The predicted octanol–water partition coefficient (Wildman–Crippen LogP) is -3.30. The van der Waals surface area contributed by atoms with Crippen LogP contribution in [0.2, 0.25) is 0 Å². The Morgan fingerprint density at radius 3 is 1.45 bits per heavy atom. The van der Waals surface area contributed by atoms with Gasteiger partial charge in [0, 0.05) is 57.8 Å². The largest absolute Gasteiger partial charge is 0.180 e. The lowest BCUT2D eigenvalue weighted by Crippen LogP contribution is -2.58. The van der Waals surface area contributed by atoms with Crippen LogP contribution in [0.4, 0.5) is 0 Å². The average Bonchev–Trinajstić information content (AvgIpc) is 1.88. The second kappa shape index (κ2) is 4.91. The van der Waals surface area contributed by atoms with Gasteiger partial charge in [-0.25, -0.2) is 0 Å². The second-order valence-corrected chi connectivity index (χ2v) is 2.42. The molecule has 0 amide bonds. The first-order valence-corrected chi connectivity index (χ1v) is 3.24. The van der Waals surface area contributed by atoms with E-state index in [1.807, 2.05) is 0 Å². The Hall–Kier alpha value is 0.144. The molecule has 0 unspecified atom stereocenters. The van der Waals surface area contributed by atoms with E-state index in [1.165, 1.54) is 0 Å². The summed E-state index contributed by atoms with van der Waals surface area (Å²) < 4.78 is 0. The molecule has 0 N–H and O–H groups in total. The van der Waals surface area contributed by atoms with Crippen LogP contribution in [0, 0.1) is 12.2 Å². The summed E-state index contributed by atoms with van der Waals surface area (Å²) >= 11 is 0. The summed E-state index contributed by atoms with van der Waals surface area (Å²) in [6, 6.07) is 0. The molecule has 0 heterocycles. The van der Waals surface area contributed by atoms with Crippen molar-refractivity contribution in [3.63, 3.8) is 0 Å². The van der Waals surface area contributed by atoms with E-state index in [-0.39, 0.29) is 0 Å². The van der Waals surface area contributed by atoms with E-state index in [1.54, 1.807) is 0 Å². The first kappa shape index (κ1) is 11.1. The number of rotatable bonds is 3.